The van der Waals surface area contributed by atoms with Gasteiger partial charge in [0.25, 0.3) is 0 Å². The normalized spacial score (nSPS) is 10.7. The fraction of sp³-hybridized carbons (Fsp3) is 0.318. The van der Waals surface area contributed by atoms with E-state index in [1.54, 1.807) is 19.3 Å². The fourth-order valence-electron chi connectivity index (χ4n) is 2.42. The summed E-state index contributed by atoms with van der Waals surface area (Å²) in [5.74, 6) is 1.51. The average Bonchev–Trinajstić information content (AvgIpc) is 2.66. The van der Waals surface area contributed by atoms with Crippen LogP contribution in [-0.2, 0) is 4.79 Å². The number of methoxy groups -OCH3 is 1. The summed E-state index contributed by atoms with van der Waals surface area (Å²) in [6.07, 6.45) is 6.42. The van der Waals surface area contributed by atoms with Crippen molar-refractivity contribution in [3.8, 4) is 17.2 Å². The minimum atomic E-state index is -0.418. The highest BCUT2D eigenvalue weighted by Gasteiger charge is 2.06. The highest BCUT2D eigenvalue weighted by atomic mass is 16.5. The summed E-state index contributed by atoms with van der Waals surface area (Å²) in [6.45, 7) is 4.73. The first-order valence-corrected chi connectivity index (χ1v) is 8.90. The maximum atomic E-state index is 12.0. The first-order valence-electron chi connectivity index (χ1n) is 8.90. The molecule has 0 aromatic heterocycles. The second kappa shape index (κ2) is 10.3. The molecule has 0 aliphatic rings. The Morgan fingerprint density at radius 2 is 1.85 bits per heavy atom. The molecule has 4 nitrogen and oxygen atoms in total. The molecule has 0 spiro atoms. The number of para-hydroxylation sites is 1. The van der Waals surface area contributed by atoms with Crippen LogP contribution in [0, 0.1) is 6.92 Å². The summed E-state index contributed by atoms with van der Waals surface area (Å²) < 4.78 is 16.5. The fourth-order valence-corrected chi connectivity index (χ4v) is 2.42. The zero-order chi connectivity index (χ0) is 18.8. The predicted molar refractivity (Wildman–Crippen MR) is 104 cm³/mol. The molecule has 2 rings (SSSR count). The number of rotatable bonds is 9. The van der Waals surface area contributed by atoms with Gasteiger partial charge in [-0.15, -0.1) is 0 Å². The Bertz CT molecular complexity index is 750. The molecule has 0 N–H and O–H groups in total. The van der Waals surface area contributed by atoms with Crippen LogP contribution in [-0.4, -0.2) is 19.7 Å². The summed E-state index contributed by atoms with van der Waals surface area (Å²) >= 11 is 0. The minimum absolute atomic E-state index is 0.418. The van der Waals surface area contributed by atoms with E-state index in [1.165, 1.54) is 6.08 Å². The van der Waals surface area contributed by atoms with Gasteiger partial charge in [-0.25, -0.2) is 4.79 Å². The number of aryl methyl sites for hydroxylation is 1. The molecule has 0 atom stereocenters. The Morgan fingerprint density at radius 3 is 2.58 bits per heavy atom. The zero-order valence-corrected chi connectivity index (χ0v) is 15.7. The molecule has 138 valence electrons. The average molecular weight is 354 g/mol. The van der Waals surface area contributed by atoms with Gasteiger partial charge in [0, 0.05) is 6.08 Å². The highest BCUT2D eigenvalue weighted by Crippen LogP contribution is 2.29. The van der Waals surface area contributed by atoms with Gasteiger partial charge in [0.1, 0.15) is 5.75 Å². The van der Waals surface area contributed by atoms with Crippen molar-refractivity contribution in [1.82, 2.24) is 0 Å². The van der Waals surface area contributed by atoms with Gasteiger partial charge in [0.15, 0.2) is 11.5 Å². The Balaban J connectivity index is 1.98. The van der Waals surface area contributed by atoms with Gasteiger partial charge < -0.3 is 14.2 Å². The number of benzene rings is 2. The third-order valence-corrected chi connectivity index (χ3v) is 3.91. The van der Waals surface area contributed by atoms with Gasteiger partial charge >= 0.3 is 5.97 Å². The number of hydrogen-bond donors (Lipinski definition) is 0. The topological polar surface area (TPSA) is 44.8 Å². The van der Waals surface area contributed by atoms with Crippen molar-refractivity contribution in [2.24, 2.45) is 0 Å². The van der Waals surface area contributed by atoms with Crippen LogP contribution in [0.4, 0.5) is 0 Å². The SMILES string of the molecule is CCCCCOc1ccc(/C=C/C(=O)Oc2ccccc2C)cc1OC. The van der Waals surface area contributed by atoms with Crippen LogP contribution in [0.25, 0.3) is 6.08 Å². The monoisotopic (exact) mass is 354 g/mol. The van der Waals surface area contributed by atoms with E-state index in [0.717, 1.165) is 30.4 Å². The molecule has 0 heterocycles. The van der Waals surface area contributed by atoms with Crippen LogP contribution < -0.4 is 14.2 Å². The lowest BCUT2D eigenvalue weighted by atomic mass is 10.2. The van der Waals surface area contributed by atoms with Gasteiger partial charge in [-0.1, -0.05) is 44.0 Å². The third-order valence-electron chi connectivity index (χ3n) is 3.91. The molecule has 0 aliphatic carbocycles. The second-order valence-electron chi connectivity index (χ2n) is 5.99. The first-order chi connectivity index (χ1) is 12.6. The third kappa shape index (κ3) is 5.96. The molecule has 0 aliphatic heterocycles. The van der Waals surface area contributed by atoms with Crippen LogP contribution in [0.2, 0.25) is 0 Å². The maximum Gasteiger partial charge on any atom is 0.336 e. The maximum absolute atomic E-state index is 12.0. The Labute approximate surface area is 155 Å². The quantitative estimate of drug-likeness (QED) is 0.269. The largest absolute Gasteiger partial charge is 0.493 e. The lowest BCUT2D eigenvalue weighted by Crippen LogP contribution is -2.04. The van der Waals surface area contributed by atoms with Crippen molar-refractivity contribution in [2.75, 3.05) is 13.7 Å². The Morgan fingerprint density at radius 1 is 1.04 bits per heavy atom. The number of carbonyl (C=O) groups excluding carboxylic acids is 1. The van der Waals surface area contributed by atoms with E-state index in [4.69, 9.17) is 14.2 Å². The van der Waals surface area contributed by atoms with E-state index >= 15 is 0 Å². The number of esters is 1. The molecule has 0 saturated carbocycles. The lowest BCUT2D eigenvalue weighted by molar-refractivity contribution is -0.128. The summed E-state index contributed by atoms with van der Waals surface area (Å²) in [4.78, 5) is 12.0. The highest BCUT2D eigenvalue weighted by molar-refractivity contribution is 5.89. The van der Waals surface area contributed by atoms with Gasteiger partial charge in [-0.2, -0.15) is 0 Å². The lowest BCUT2D eigenvalue weighted by Gasteiger charge is -2.11. The molecule has 26 heavy (non-hydrogen) atoms. The van der Waals surface area contributed by atoms with E-state index in [-0.39, 0.29) is 0 Å². The van der Waals surface area contributed by atoms with Crippen LogP contribution in [0.3, 0.4) is 0 Å². The van der Waals surface area contributed by atoms with E-state index < -0.39 is 5.97 Å². The second-order valence-corrected chi connectivity index (χ2v) is 5.99. The standard InChI is InChI=1S/C22H26O4/c1-4-5-8-15-25-20-13-11-18(16-21(20)24-3)12-14-22(23)26-19-10-7-6-9-17(19)2/h6-7,9-14,16H,4-5,8,15H2,1-3H3/b14-12+. The molecule has 0 bridgehead atoms. The summed E-state index contributed by atoms with van der Waals surface area (Å²) in [6, 6.07) is 13.0. The van der Waals surface area contributed by atoms with E-state index in [2.05, 4.69) is 6.92 Å². The predicted octanol–water partition coefficient (Wildman–Crippen LogP) is 5.19. The summed E-state index contributed by atoms with van der Waals surface area (Å²) in [5, 5.41) is 0. The number of hydrogen-bond acceptors (Lipinski definition) is 4. The number of carbonyl (C=O) groups is 1. The summed E-state index contributed by atoms with van der Waals surface area (Å²) in [7, 11) is 1.61. The molecule has 0 saturated heterocycles. The van der Waals surface area contributed by atoms with Crippen molar-refractivity contribution < 1.29 is 19.0 Å². The van der Waals surface area contributed by atoms with Crippen molar-refractivity contribution in [2.45, 2.75) is 33.1 Å². The van der Waals surface area contributed by atoms with Crippen molar-refractivity contribution in [3.05, 3.63) is 59.7 Å². The molecule has 4 heteroatoms. The first kappa shape index (κ1) is 19.6. The van der Waals surface area contributed by atoms with Crippen LogP contribution >= 0.6 is 0 Å². The van der Waals surface area contributed by atoms with Crippen molar-refractivity contribution in [1.29, 1.82) is 0 Å². The minimum Gasteiger partial charge on any atom is -0.493 e. The molecule has 0 fully saturated rings. The van der Waals surface area contributed by atoms with E-state index in [9.17, 15) is 4.79 Å². The molecule has 0 unspecified atom stereocenters. The van der Waals surface area contributed by atoms with E-state index in [0.29, 0.717) is 23.9 Å². The smallest absolute Gasteiger partial charge is 0.336 e. The van der Waals surface area contributed by atoms with Crippen molar-refractivity contribution >= 4 is 12.0 Å². The van der Waals surface area contributed by atoms with Crippen LogP contribution in [0.1, 0.15) is 37.3 Å². The molecular weight excluding hydrogens is 328 g/mol. The molecule has 2 aromatic rings. The van der Waals surface area contributed by atoms with E-state index in [1.807, 2.05) is 43.3 Å². The van der Waals surface area contributed by atoms with Gasteiger partial charge in [-0.3, -0.25) is 0 Å². The van der Waals surface area contributed by atoms with Gasteiger partial charge in [0.05, 0.1) is 13.7 Å². The number of ether oxygens (including phenoxy) is 3. The number of unbranched alkanes of at least 4 members (excludes halogenated alkanes) is 2. The van der Waals surface area contributed by atoms with Crippen LogP contribution in [0.15, 0.2) is 48.5 Å². The Kier molecular flexibility index (Phi) is 7.75. The van der Waals surface area contributed by atoms with Gasteiger partial charge in [0.2, 0.25) is 0 Å². The van der Waals surface area contributed by atoms with Gasteiger partial charge in [-0.05, 0) is 48.7 Å². The molecule has 0 amide bonds. The summed E-state index contributed by atoms with van der Waals surface area (Å²) in [5.41, 5.74) is 1.75. The van der Waals surface area contributed by atoms with Crippen LogP contribution in [0.5, 0.6) is 17.2 Å². The molecule has 0 radical (unpaired) electrons. The molecule has 2 aromatic carbocycles. The zero-order valence-electron chi connectivity index (χ0n) is 15.7. The van der Waals surface area contributed by atoms with Crippen molar-refractivity contribution in [3.63, 3.8) is 0 Å². The Hall–Kier alpha value is -2.75. The molecular formula is C22H26O4.